The highest BCUT2D eigenvalue weighted by molar-refractivity contribution is 5.18. The molecule has 1 aromatic heterocycles. The van der Waals surface area contributed by atoms with Crippen LogP contribution >= 0.6 is 0 Å². The summed E-state index contributed by atoms with van der Waals surface area (Å²) >= 11 is 0. The van der Waals surface area contributed by atoms with E-state index < -0.39 is 11.6 Å². The lowest BCUT2D eigenvalue weighted by molar-refractivity contribution is 0.560. The van der Waals surface area contributed by atoms with Gasteiger partial charge in [-0.3, -0.25) is 4.98 Å². The molecule has 0 saturated carbocycles. The molecule has 0 radical (unpaired) electrons. The molecule has 0 spiro atoms. The Hall–Kier alpha value is -1.81. The molecule has 0 aliphatic carbocycles. The molecule has 0 bridgehead atoms. The van der Waals surface area contributed by atoms with Gasteiger partial charge in [-0.05, 0) is 17.7 Å². The molecule has 0 fully saturated rings. The first-order chi connectivity index (χ1) is 8.25. The van der Waals surface area contributed by atoms with E-state index in [4.69, 9.17) is 0 Å². The smallest absolute Gasteiger partial charge is 0.130 e. The van der Waals surface area contributed by atoms with Gasteiger partial charge in [0.05, 0.1) is 0 Å². The van der Waals surface area contributed by atoms with E-state index in [0.29, 0.717) is 18.7 Å². The number of hydrogen-bond donors (Lipinski definition) is 1. The Balaban J connectivity index is 1.90. The highest BCUT2D eigenvalue weighted by Gasteiger charge is 2.02. The van der Waals surface area contributed by atoms with Crippen molar-refractivity contribution in [1.82, 2.24) is 10.3 Å². The van der Waals surface area contributed by atoms with Crippen LogP contribution in [0.5, 0.6) is 0 Å². The molecule has 88 valence electrons. The van der Waals surface area contributed by atoms with Crippen molar-refractivity contribution in [3.63, 3.8) is 0 Å². The maximum atomic E-state index is 13.3. The largest absolute Gasteiger partial charge is 0.308 e. The van der Waals surface area contributed by atoms with Gasteiger partial charge in [-0.2, -0.15) is 0 Å². The first-order valence-corrected chi connectivity index (χ1v) is 5.29. The maximum Gasteiger partial charge on any atom is 0.130 e. The van der Waals surface area contributed by atoms with E-state index in [1.165, 1.54) is 12.1 Å². The quantitative estimate of drug-likeness (QED) is 0.879. The van der Waals surface area contributed by atoms with Gasteiger partial charge in [0.1, 0.15) is 11.6 Å². The third-order valence-electron chi connectivity index (χ3n) is 2.38. The summed E-state index contributed by atoms with van der Waals surface area (Å²) in [6, 6.07) is 7.36. The molecule has 17 heavy (non-hydrogen) atoms. The molecule has 0 unspecified atom stereocenters. The van der Waals surface area contributed by atoms with Crippen LogP contribution in [0.15, 0.2) is 42.7 Å². The molecule has 1 heterocycles. The van der Waals surface area contributed by atoms with E-state index in [1.807, 2.05) is 12.1 Å². The second-order valence-electron chi connectivity index (χ2n) is 3.70. The first kappa shape index (κ1) is 11.7. The number of nitrogens with one attached hydrogen (secondary N) is 1. The Kier molecular flexibility index (Phi) is 3.77. The fourth-order valence-corrected chi connectivity index (χ4v) is 1.51. The third kappa shape index (κ3) is 3.32. The summed E-state index contributed by atoms with van der Waals surface area (Å²) in [6.45, 7) is 0.964. The van der Waals surface area contributed by atoms with Crippen LogP contribution in [0.25, 0.3) is 0 Å². The Bertz CT molecular complexity index is 486. The van der Waals surface area contributed by atoms with Gasteiger partial charge < -0.3 is 5.32 Å². The average molecular weight is 234 g/mol. The lowest BCUT2D eigenvalue weighted by Gasteiger charge is -2.05. The summed E-state index contributed by atoms with van der Waals surface area (Å²) in [4.78, 5) is 3.98. The highest BCUT2D eigenvalue weighted by Crippen LogP contribution is 2.09. The number of hydrogen-bond acceptors (Lipinski definition) is 2. The van der Waals surface area contributed by atoms with Gasteiger partial charge in [-0.15, -0.1) is 0 Å². The molecule has 0 saturated heterocycles. The molecule has 1 N–H and O–H groups in total. The van der Waals surface area contributed by atoms with E-state index in [2.05, 4.69) is 10.3 Å². The van der Waals surface area contributed by atoms with Gasteiger partial charge in [0, 0.05) is 37.1 Å². The van der Waals surface area contributed by atoms with Gasteiger partial charge in [0.2, 0.25) is 0 Å². The minimum absolute atomic E-state index is 0.362. The third-order valence-corrected chi connectivity index (χ3v) is 2.38. The molecule has 2 rings (SSSR count). The van der Waals surface area contributed by atoms with Crippen molar-refractivity contribution in [2.45, 2.75) is 13.1 Å². The Labute approximate surface area is 98.3 Å². The Morgan fingerprint density at radius 2 is 2.00 bits per heavy atom. The molecule has 0 aliphatic rings. The van der Waals surface area contributed by atoms with Gasteiger partial charge in [-0.1, -0.05) is 12.1 Å². The first-order valence-electron chi connectivity index (χ1n) is 5.29. The fourth-order valence-electron chi connectivity index (χ4n) is 1.51. The van der Waals surface area contributed by atoms with Crippen molar-refractivity contribution >= 4 is 0 Å². The second kappa shape index (κ2) is 5.50. The lowest BCUT2D eigenvalue weighted by Crippen LogP contribution is -2.13. The van der Waals surface area contributed by atoms with Gasteiger partial charge in [0.15, 0.2) is 0 Å². The summed E-state index contributed by atoms with van der Waals surface area (Å²) in [7, 11) is 0. The van der Waals surface area contributed by atoms with Crippen LogP contribution in [0.4, 0.5) is 8.78 Å². The molecule has 4 heteroatoms. The molecular formula is C13H12F2N2. The van der Waals surface area contributed by atoms with E-state index in [1.54, 1.807) is 12.4 Å². The van der Waals surface area contributed by atoms with Crippen molar-refractivity contribution in [3.05, 3.63) is 65.5 Å². The minimum Gasteiger partial charge on any atom is -0.308 e. The second-order valence-corrected chi connectivity index (χ2v) is 3.70. The van der Waals surface area contributed by atoms with Crippen molar-refractivity contribution < 1.29 is 8.78 Å². The Morgan fingerprint density at radius 1 is 1.12 bits per heavy atom. The van der Waals surface area contributed by atoms with E-state index in [9.17, 15) is 8.78 Å². The summed E-state index contributed by atoms with van der Waals surface area (Å²) < 4.78 is 25.9. The molecule has 2 aromatic rings. The topological polar surface area (TPSA) is 24.9 Å². The molecule has 0 amide bonds. The lowest BCUT2D eigenvalue weighted by atomic mass is 10.2. The van der Waals surface area contributed by atoms with Crippen LogP contribution in [0.2, 0.25) is 0 Å². The predicted molar refractivity (Wildman–Crippen MR) is 61.1 cm³/mol. The van der Waals surface area contributed by atoms with Crippen LogP contribution in [0.3, 0.4) is 0 Å². The summed E-state index contributed by atoms with van der Waals surface area (Å²) in [6.07, 6.45) is 3.44. The molecule has 0 atom stereocenters. The van der Waals surface area contributed by atoms with Crippen molar-refractivity contribution in [2.75, 3.05) is 0 Å². The number of benzene rings is 1. The molecule has 0 aliphatic heterocycles. The van der Waals surface area contributed by atoms with E-state index in [0.717, 1.165) is 11.6 Å². The van der Waals surface area contributed by atoms with Crippen LogP contribution in [-0.2, 0) is 13.1 Å². The maximum absolute atomic E-state index is 13.3. The van der Waals surface area contributed by atoms with Crippen molar-refractivity contribution in [2.24, 2.45) is 0 Å². The zero-order chi connectivity index (χ0) is 12.1. The molecule has 1 aromatic carbocycles. The monoisotopic (exact) mass is 234 g/mol. The van der Waals surface area contributed by atoms with Gasteiger partial charge in [0.25, 0.3) is 0 Å². The van der Waals surface area contributed by atoms with Gasteiger partial charge in [-0.25, -0.2) is 8.78 Å². The molecule has 2 nitrogen and oxygen atoms in total. The number of nitrogens with zero attached hydrogens (tertiary/aromatic N) is 1. The number of rotatable bonds is 4. The highest BCUT2D eigenvalue weighted by atomic mass is 19.1. The summed E-state index contributed by atoms with van der Waals surface area (Å²) in [5, 5.41) is 3.08. The van der Waals surface area contributed by atoms with Crippen LogP contribution < -0.4 is 5.32 Å². The van der Waals surface area contributed by atoms with Crippen molar-refractivity contribution in [3.8, 4) is 0 Å². The van der Waals surface area contributed by atoms with Crippen LogP contribution in [-0.4, -0.2) is 4.98 Å². The van der Waals surface area contributed by atoms with Crippen molar-refractivity contribution in [1.29, 1.82) is 0 Å². The average Bonchev–Trinajstić information content (AvgIpc) is 2.33. The zero-order valence-electron chi connectivity index (χ0n) is 9.16. The summed E-state index contributed by atoms with van der Waals surface area (Å²) in [5.74, 6) is -1.08. The Morgan fingerprint density at radius 3 is 2.71 bits per heavy atom. The summed E-state index contributed by atoms with van der Waals surface area (Å²) in [5.41, 5.74) is 1.48. The van der Waals surface area contributed by atoms with E-state index in [-0.39, 0.29) is 0 Å². The van der Waals surface area contributed by atoms with Crippen LogP contribution in [0.1, 0.15) is 11.1 Å². The predicted octanol–water partition coefficient (Wildman–Crippen LogP) is 2.65. The van der Waals surface area contributed by atoms with E-state index >= 15 is 0 Å². The number of aromatic nitrogens is 1. The SMILES string of the molecule is Fc1ccc(CNCc2cccnc2)c(F)c1. The van der Waals surface area contributed by atoms with Gasteiger partial charge >= 0.3 is 0 Å². The fraction of sp³-hybridized carbons (Fsp3) is 0.154. The number of pyridine rings is 1. The standard InChI is InChI=1S/C13H12F2N2/c14-12-4-3-11(13(15)6-12)9-17-8-10-2-1-5-16-7-10/h1-7,17H,8-9H2. The van der Waals surface area contributed by atoms with Crippen LogP contribution in [0, 0.1) is 11.6 Å². The zero-order valence-corrected chi connectivity index (χ0v) is 9.16. The number of halogens is 2. The minimum atomic E-state index is -0.557. The molecular weight excluding hydrogens is 222 g/mol. The normalized spacial score (nSPS) is 10.5.